The number of hydrogen-bond acceptors (Lipinski definition) is 9. The third-order valence-corrected chi connectivity index (χ3v) is 8.31. The average Bonchev–Trinajstić information content (AvgIpc) is 3.40. The van der Waals surface area contributed by atoms with Gasteiger partial charge in [0.1, 0.15) is 23.3 Å². The Morgan fingerprint density at radius 2 is 1.50 bits per heavy atom. The first-order valence-electron chi connectivity index (χ1n) is 14.6. The fraction of sp³-hybridized carbons (Fsp3) is 0.242. The van der Waals surface area contributed by atoms with E-state index in [1.165, 1.54) is 16.9 Å². The topological polar surface area (TPSA) is 128 Å². The lowest BCUT2D eigenvalue weighted by Gasteiger charge is -2.29. The Labute approximate surface area is 253 Å². The van der Waals surface area contributed by atoms with E-state index >= 15 is 4.39 Å². The number of ether oxygens (including phenoxy) is 1. The van der Waals surface area contributed by atoms with Gasteiger partial charge in [-0.2, -0.15) is 10.1 Å². The normalized spacial score (nSPS) is 15.5. The van der Waals surface area contributed by atoms with Crippen LogP contribution in [0.2, 0.25) is 0 Å². The molecule has 222 valence electrons. The van der Waals surface area contributed by atoms with Crippen molar-refractivity contribution in [2.24, 2.45) is 0 Å². The van der Waals surface area contributed by atoms with Gasteiger partial charge >= 0.3 is 0 Å². The molecule has 7 rings (SSSR count). The maximum absolute atomic E-state index is 15.2. The standard InChI is InChI=1S/C33H31FN8O2/c34-28-19-25(43)9-10-26(28)32-27(20-35)29(21-1-5-23(6-2-21)40-13-11-37-12-14-40)30-31(39-42(36)33(30)38-32)22-3-7-24(8-4-22)41-15-17-44-18-16-41/h1-10,19,37,43H,11-18,36H2. The van der Waals surface area contributed by atoms with E-state index in [9.17, 15) is 10.4 Å². The number of fused-ring (bicyclic) bond motifs is 1. The zero-order valence-electron chi connectivity index (χ0n) is 24.0. The molecule has 0 spiro atoms. The molecule has 2 aromatic heterocycles. The summed E-state index contributed by atoms with van der Waals surface area (Å²) < 4.78 is 20.7. The Balaban J connectivity index is 1.43. The highest BCUT2D eigenvalue weighted by Gasteiger charge is 2.26. The third kappa shape index (κ3) is 4.94. The molecule has 0 amide bonds. The van der Waals surface area contributed by atoms with Crippen LogP contribution in [0.4, 0.5) is 15.8 Å². The van der Waals surface area contributed by atoms with Crippen LogP contribution in [0.3, 0.4) is 0 Å². The molecule has 3 aromatic carbocycles. The zero-order valence-corrected chi connectivity index (χ0v) is 24.0. The van der Waals surface area contributed by atoms with Gasteiger partial charge in [0, 0.05) is 73.4 Å². The Hall–Kier alpha value is -5.18. The van der Waals surface area contributed by atoms with Crippen molar-refractivity contribution in [3.63, 3.8) is 0 Å². The van der Waals surface area contributed by atoms with Gasteiger partial charge in [-0.25, -0.2) is 9.37 Å². The lowest BCUT2D eigenvalue weighted by atomic mass is 9.91. The number of nitrogens with zero attached hydrogens (tertiary/aromatic N) is 6. The summed E-state index contributed by atoms with van der Waals surface area (Å²) in [6.07, 6.45) is 0. The van der Waals surface area contributed by atoms with Crippen LogP contribution in [0.25, 0.3) is 44.7 Å². The Bertz CT molecular complexity index is 1870. The summed E-state index contributed by atoms with van der Waals surface area (Å²) in [6, 6.07) is 22.2. The SMILES string of the molecule is N#Cc1c(-c2ccc(O)cc2F)nc2c(c(-c3ccc(N4CCOCC4)cc3)nn2N)c1-c1ccc(N2CCNCC2)cc1. The van der Waals surface area contributed by atoms with E-state index in [1.54, 1.807) is 0 Å². The summed E-state index contributed by atoms with van der Waals surface area (Å²) in [5.74, 6) is 5.50. The zero-order chi connectivity index (χ0) is 30.2. The molecule has 2 fully saturated rings. The van der Waals surface area contributed by atoms with Gasteiger partial charge in [0.15, 0.2) is 5.65 Å². The van der Waals surface area contributed by atoms with Crippen molar-refractivity contribution in [3.05, 3.63) is 78.1 Å². The number of hydrogen-bond donors (Lipinski definition) is 3. The van der Waals surface area contributed by atoms with Crippen molar-refractivity contribution in [1.29, 1.82) is 5.26 Å². The molecular formula is C33H31FN8O2. The molecule has 2 aliphatic heterocycles. The number of phenols is 1. The smallest absolute Gasteiger partial charge is 0.182 e. The Kier molecular flexibility index (Phi) is 7.21. The molecule has 4 heterocycles. The number of rotatable bonds is 5. The Morgan fingerprint density at radius 1 is 0.864 bits per heavy atom. The monoisotopic (exact) mass is 590 g/mol. The summed E-state index contributed by atoms with van der Waals surface area (Å²) in [5, 5.41) is 29.1. The number of benzene rings is 3. The molecule has 0 saturated carbocycles. The van der Waals surface area contributed by atoms with Crippen LogP contribution >= 0.6 is 0 Å². The number of piperazine rings is 1. The number of nitrogens with one attached hydrogen (secondary N) is 1. The van der Waals surface area contributed by atoms with Crippen molar-refractivity contribution in [1.82, 2.24) is 20.2 Å². The third-order valence-electron chi connectivity index (χ3n) is 8.31. The maximum Gasteiger partial charge on any atom is 0.182 e. The predicted octanol–water partition coefficient (Wildman–Crippen LogP) is 4.11. The first-order chi connectivity index (χ1) is 21.5. The molecule has 4 N–H and O–H groups in total. The molecule has 11 heteroatoms. The number of halogens is 1. The van der Waals surface area contributed by atoms with E-state index in [1.807, 2.05) is 48.5 Å². The van der Waals surface area contributed by atoms with Crippen LogP contribution in [0.1, 0.15) is 5.56 Å². The highest BCUT2D eigenvalue weighted by Crippen LogP contribution is 2.42. The fourth-order valence-corrected chi connectivity index (χ4v) is 6.07. The van der Waals surface area contributed by atoms with Crippen LogP contribution in [0, 0.1) is 17.1 Å². The lowest BCUT2D eigenvalue weighted by Crippen LogP contribution is -2.43. The van der Waals surface area contributed by atoms with Crippen molar-refractivity contribution in [2.45, 2.75) is 0 Å². The van der Waals surface area contributed by atoms with Gasteiger partial charge in [0.2, 0.25) is 0 Å². The highest BCUT2D eigenvalue weighted by atomic mass is 19.1. The maximum atomic E-state index is 15.2. The van der Waals surface area contributed by atoms with E-state index in [0.29, 0.717) is 35.5 Å². The number of nitriles is 1. The first-order valence-corrected chi connectivity index (χ1v) is 14.6. The van der Waals surface area contributed by atoms with Gasteiger partial charge in [-0.3, -0.25) is 0 Å². The molecule has 0 unspecified atom stereocenters. The van der Waals surface area contributed by atoms with Crippen LogP contribution < -0.4 is 21.0 Å². The number of anilines is 2. The molecule has 0 radical (unpaired) electrons. The second-order valence-corrected chi connectivity index (χ2v) is 10.9. The molecule has 0 aliphatic carbocycles. The van der Waals surface area contributed by atoms with E-state index in [2.05, 4.69) is 26.3 Å². The van der Waals surface area contributed by atoms with E-state index in [4.69, 9.17) is 15.6 Å². The van der Waals surface area contributed by atoms with E-state index in [-0.39, 0.29) is 22.6 Å². The largest absolute Gasteiger partial charge is 0.508 e. The summed E-state index contributed by atoms with van der Waals surface area (Å²) in [5.41, 5.74) is 5.56. The second kappa shape index (κ2) is 11.5. The Morgan fingerprint density at radius 3 is 2.14 bits per heavy atom. The van der Waals surface area contributed by atoms with Crippen molar-refractivity contribution >= 4 is 22.4 Å². The van der Waals surface area contributed by atoms with E-state index < -0.39 is 5.82 Å². The first kappa shape index (κ1) is 27.6. The van der Waals surface area contributed by atoms with Crippen LogP contribution in [0.5, 0.6) is 5.75 Å². The highest BCUT2D eigenvalue weighted by molar-refractivity contribution is 6.07. The molecule has 0 atom stereocenters. The molecule has 44 heavy (non-hydrogen) atoms. The molecule has 2 aliphatic rings. The molecule has 5 aromatic rings. The van der Waals surface area contributed by atoms with Crippen molar-refractivity contribution in [3.8, 4) is 45.5 Å². The predicted molar refractivity (Wildman–Crippen MR) is 168 cm³/mol. The van der Waals surface area contributed by atoms with Gasteiger partial charge < -0.3 is 30.8 Å². The lowest BCUT2D eigenvalue weighted by molar-refractivity contribution is 0.122. The molecule has 10 nitrogen and oxygen atoms in total. The number of nitrogens with two attached hydrogens (primary N) is 1. The van der Waals surface area contributed by atoms with Crippen LogP contribution in [0.15, 0.2) is 66.7 Å². The number of aromatic hydroxyl groups is 1. The van der Waals surface area contributed by atoms with Gasteiger partial charge in [-0.1, -0.05) is 24.3 Å². The summed E-state index contributed by atoms with van der Waals surface area (Å²) in [4.78, 5) is 10.5. The summed E-state index contributed by atoms with van der Waals surface area (Å²) in [6.45, 7) is 6.64. The number of morpholine rings is 1. The minimum atomic E-state index is -0.699. The van der Waals surface area contributed by atoms with Crippen molar-refractivity contribution < 1.29 is 14.2 Å². The van der Waals surface area contributed by atoms with Gasteiger partial charge in [-0.05, 0) is 42.0 Å². The fourth-order valence-electron chi connectivity index (χ4n) is 6.07. The second-order valence-electron chi connectivity index (χ2n) is 10.9. The quantitative estimate of drug-likeness (QED) is 0.259. The van der Waals surface area contributed by atoms with Gasteiger partial charge in [-0.15, -0.1) is 5.10 Å². The average molecular weight is 591 g/mol. The van der Waals surface area contributed by atoms with Crippen molar-refractivity contribution in [2.75, 3.05) is 68.1 Å². The van der Waals surface area contributed by atoms with Crippen LogP contribution in [-0.2, 0) is 4.74 Å². The minimum absolute atomic E-state index is 0.0811. The number of aromatic nitrogens is 3. The van der Waals surface area contributed by atoms with E-state index in [0.717, 1.165) is 67.8 Å². The molecule has 2 saturated heterocycles. The summed E-state index contributed by atoms with van der Waals surface area (Å²) >= 11 is 0. The minimum Gasteiger partial charge on any atom is -0.508 e. The number of phenolic OH excluding ortho intramolecular Hbond substituents is 1. The number of nitrogen functional groups attached to an aromatic ring is 1. The van der Waals surface area contributed by atoms with Gasteiger partial charge in [0.25, 0.3) is 0 Å². The van der Waals surface area contributed by atoms with Crippen LogP contribution in [-0.4, -0.2) is 72.5 Å². The molecule has 0 bridgehead atoms. The summed E-state index contributed by atoms with van der Waals surface area (Å²) in [7, 11) is 0. The molecular weight excluding hydrogens is 559 g/mol. The number of pyridine rings is 1. The van der Waals surface area contributed by atoms with Gasteiger partial charge in [0.05, 0.1) is 29.9 Å².